The van der Waals surface area contributed by atoms with Gasteiger partial charge in [0, 0.05) is 18.4 Å². The molecule has 1 aromatic heterocycles. The van der Waals surface area contributed by atoms with Crippen LogP contribution < -0.4 is 4.74 Å². The van der Waals surface area contributed by atoms with Crippen molar-refractivity contribution in [2.24, 2.45) is 0 Å². The van der Waals surface area contributed by atoms with Gasteiger partial charge in [-0.2, -0.15) is 0 Å². The molecule has 8 heteroatoms. The van der Waals surface area contributed by atoms with Gasteiger partial charge in [0.15, 0.2) is 0 Å². The molecule has 0 unspecified atom stereocenters. The number of hydrogen-bond donors (Lipinski definition) is 1. The highest BCUT2D eigenvalue weighted by atomic mass is 32.1. The maximum absolute atomic E-state index is 12.7. The van der Waals surface area contributed by atoms with Crippen LogP contribution in [-0.4, -0.2) is 35.1 Å². The van der Waals surface area contributed by atoms with E-state index in [0.717, 1.165) is 32.5 Å². The van der Waals surface area contributed by atoms with Crippen LogP contribution in [-0.2, 0) is 27.5 Å². The third kappa shape index (κ3) is 4.82. The summed E-state index contributed by atoms with van der Waals surface area (Å²) in [6.07, 6.45) is 0. The lowest BCUT2D eigenvalue weighted by Crippen LogP contribution is -2.47. The fraction of sp³-hybridized carbons (Fsp3) is 0.333. The first kappa shape index (κ1) is 22.4. The van der Waals surface area contributed by atoms with Gasteiger partial charge in [-0.3, -0.25) is 0 Å². The van der Waals surface area contributed by atoms with Gasteiger partial charge in [-0.15, -0.1) is 11.3 Å². The maximum atomic E-state index is 12.7. The van der Waals surface area contributed by atoms with Crippen molar-refractivity contribution in [2.75, 3.05) is 13.2 Å². The predicted molar refractivity (Wildman–Crippen MR) is 119 cm³/mol. The quantitative estimate of drug-likeness (QED) is 0.532. The standard InChI is InChI=1S/C24H24FNO5S/c1-15-21(32-22(26-15)18-5-3-16(11-25)4-6-18)14-29-20-9-7-17(8-10-20)19-12-30-24(2,23(27)28)31-13-19/h3-10,19H,11-14H2,1-2H3,(H,27,28)/t19-,24+. The van der Waals surface area contributed by atoms with E-state index in [-0.39, 0.29) is 19.1 Å². The van der Waals surface area contributed by atoms with Gasteiger partial charge >= 0.3 is 5.97 Å². The second-order valence-corrected chi connectivity index (χ2v) is 8.87. The van der Waals surface area contributed by atoms with Crippen molar-refractivity contribution in [3.63, 3.8) is 0 Å². The van der Waals surface area contributed by atoms with Crippen LogP contribution in [0.15, 0.2) is 48.5 Å². The van der Waals surface area contributed by atoms with Crippen molar-refractivity contribution in [1.29, 1.82) is 0 Å². The molecule has 2 aromatic carbocycles. The van der Waals surface area contributed by atoms with Crippen LogP contribution in [0.5, 0.6) is 5.75 Å². The van der Waals surface area contributed by atoms with Crippen molar-refractivity contribution < 1.29 is 28.5 Å². The molecule has 3 aromatic rings. The molecule has 0 amide bonds. The molecule has 0 atom stereocenters. The molecule has 168 valence electrons. The lowest BCUT2D eigenvalue weighted by molar-refractivity contribution is -0.262. The minimum Gasteiger partial charge on any atom is -0.488 e. The summed E-state index contributed by atoms with van der Waals surface area (Å²) in [7, 11) is 0. The van der Waals surface area contributed by atoms with Gasteiger partial charge in [-0.1, -0.05) is 36.4 Å². The molecule has 1 saturated heterocycles. The lowest BCUT2D eigenvalue weighted by Gasteiger charge is -2.34. The Hall–Kier alpha value is -2.81. The van der Waals surface area contributed by atoms with Gasteiger partial charge in [0.2, 0.25) is 0 Å². The molecular formula is C24H24FNO5S. The van der Waals surface area contributed by atoms with E-state index in [1.165, 1.54) is 6.92 Å². The number of hydrogen-bond acceptors (Lipinski definition) is 6. The van der Waals surface area contributed by atoms with Crippen molar-refractivity contribution in [3.8, 4) is 16.3 Å². The molecule has 0 aliphatic carbocycles. The number of aromatic nitrogens is 1. The Kier molecular flexibility index (Phi) is 6.55. The predicted octanol–water partition coefficient (Wildman–Crippen LogP) is 5.10. The van der Waals surface area contributed by atoms with Gasteiger partial charge in [0.1, 0.15) is 24.0 Å². The normalized spacial score (nSPS) is 20.8. The van der Waals surface area contributed by atoms with Gasteiger partial charge in [0.05, 0.1) is 23.8 Å². The average molecular weight is 458 g/mol. The molecule has 0 saturated carbocycles. The number of benzene rings is 2. The first-order valence-electron chi connectivity index (χ1n) is 10.2. The minimum absolute atomic E-state index is 0.0356. The van der Waals surface area contributed by atoms with Crippen LogP contribution >= 0.6 is 11.3 Å². The number of carboxylic acid groups (broad SMARTS) is 1. The molecule has 1 aliphatic rings. The summed E-state index contributed by atoms with van der Waals surface area (Å²) in [5.74, 6) is -2.02. The lowest BCUT2D eigenvalue weighted by atomic mass is 9.99. The van der Waals surface area contributed by atoms with E-state index < -0.39 is 18.4 Å². The van der Waals surface area contributed by atoms with E-state index in [0.29, 0.717) is 12.2 Å². The Bertz CT molecular complexity index is 1070. The van der Waals surface area contributed by atoms with Gasteiger partial charge in [0.25, 0.3) is 5.79 Å². The number of aryl methyl sites for hydroxylation is 1. The molecule has 1 N–H and O–H groups in total. The Morgan fingerprint density at radius 2 is 1.84 bits per heavy atom. The van der Waals surface area contributed by atoms with Crippen molar-refractivity contribution >= 4 is 17.3 Å². The SMILES string of the molecule is Cc1nc(-c2ccc(CF)cc2)sc1COc1ccc([C@H]2CO[C@@](C)(C(=O)O)OC2)cc1. The summed E-state index contributed by atoms with van der Waals surface area (Å²) in [5, 5.41) is 10.0. The maximum Gasteiger partial charge on any atom is 0.364 e. The third-order valence-corrected chi connectivity index (χ3v) is 6.66. The van der Waals surface area contributed by atoms with E-state index in [4.69, 9.17) is 19.3 Å². The molecule has 1 aliphatic heterocycles. The van der Waals surface area contributed by atoms with Crippen molar-refractivity contribution in [1.82, 2.24) is 4.98 Å². The molecule has 1 fully saturated rings. The molecular weight excluding hydrogens is 433 g/mol. The number of thiazole rings is 1. The smallest absolute Gasteiger partial charge is 0.364 e. The average Bonchev–Trinajstić information content (AvgIpc) is 3.19. The molecule has 6 nitrogen and oxygen atoms in total. The third-order valence-electron chi connectivity index (χ3n) is 5.48. The monoisotopic (exact) mass is 457 g/mol. The zero-order valence-corrected chi connectivity index (χ0v) is 18.7. The van der Waals surface area contributed by atoms with Gasteiger partial charge < -0.3 is 19.3 Å². The number of carboxylic acids is 1. The van der Waals surface area contributed by atoms with Crippen LogP contribution in [0, 0.1) is 6.92 Å². The number of alkyl halides is 1. The topological polar surface area (TPSA) is 77.9 Å². The molecule has 0 radical (unpaired) electrons. The fourth-order valence-electron chi connectivity index (χ4n) is 3.33. The van der Waals surface area contributed by atoms with Gasteiger partial charge in [-0.25, -0.2) is 14.2 Å². The highest BCUT2D eigenvalue weighted by molar-refractivity contribution is 7.15. The van der Waals surface area contributed by atoms with E-state index in [2.05, 4.69) is 4.98 Å². The largest absolute Gasteiger partial charge is 0.488 e. The summed E-state index contributed by atoms with van der Waals surface area (Å²) in [4.78, 5) is 16.9. The number of aliphatic carboxylic acids is 1. The summed E-state index contributed by atoms with van der Waals surface area (Å²) in [6, 6.07) is 15.0. The minimum atomic E-state index is -1.58. The zero-order chi connectivity index (χ0) is 22.7. The molecule has 2 heterocycles. The number of nitrogens with zero attached hydrogens (tertiary/aromatic N) is 1. The number of carbonyl (C=O) groups is 1. The Balaban J connectivity index is 1.36. The summed E-state index contributed by atoms with van der Waals surface area (Å²) >= 11 is 1.56. The van der Waals surface area contributed by atoms with Crippen LogP contribution in [0.1, 0.15) is 34.5 Å². The summed E-state index contributed by atoms with van der Waals surface area (Å²) in [5.41, 5.74) is 3.52. The van der Waals surface area contributed by atoms with E-state index >= 15 is 0 Å². The molecule has 0 bridgehead atoms. The fourth-order valence-corrected chi connectivity index (χ4v) is 4.31. The molecule has 0 spiro atoms. The first-order valence-corrected chi connectivity index (χ1v) is 11.1. The highest BCUT2D eigenvalue weighted by Gasteiger charge is 2.40. The van der Waals surface area contributed by atoms with Crippen LogP contribution in [0.2, 0.25) is 0 Å². The van der Waals surface area contributed by atoms with E-state index in [1.807, 2.05) is 43.3 Å². The number of rotatable bonds is 7. The Morgan fingerprint density at radius 1 is 1.19 bits per heavy atom. The van der Waals surface area contributed by atoms with E-state index in [1.54, 1.807) is 23.5 Å². The molecule has 32 heavy (non-hydrogen) atoms. The van der Waals surface area contributed by atoms with Crippen molar-refractivity contribution in [3.05, 3.63) is 70.2 Å². The zero-order valence-electron chi connectivity index (χ0n) is 17.8. The second-order valence-electron chi connectivity index (χ2n) is 7.79. The number of halogens is 1. The summed E-state index contributed by atoms with van der Waals surface area (Å²) in [6.45, 7) is 3.84. The van der Waals surface area contributed by atoms with Crippen LogP contribution in [0.3, 0.4) is 0 Å². The van der Waals surface area contributed by atoms with Gasteiger partial charge in [-0.05, 0) is 30.2 Å². The number of ether oxygens (including phenoxy) is 3. The van der Waals surface area contributed by atoms with Crippen molar-refractivity contribution in [2.45, 2.75) is 38.8 Å². The van der Waals surface area contributed by atoms with Crippen LogP contribution in [0.4, 0.5) is 4.39 Å². The first-order chi connectivity index (χ1) is 15.4. The Labute approximate surface area is 189 Å². The molecule has 4 rings (SSSR count). The van der Waals surface area contributed by atoms with E-state index in [9.17, 15) is 9.18 Å². The Morgan fingerprint density at radius 3 is 2.44 bits per heavy atom. The summed E-state index contributed by atoms with van der Waals surface area (Å²) < 4.78 is 29.5. The second kappa shape index (κ2) is 9.36. The van der Waals surface area contributed by atoms with Crippen LogP contribution in [0.25, 0.3) is 10.6 Å². The highest BCUT2D eigenvalue weighted by Crippen LogP contribution is 2.31.